The second-order valence-electron chi connectivity index (χ2n) is 4.00. The fourth-order valence-corrected chi connectivity index (χ4v) is 2.04. The smallest absolute Gasteiger partial charge is 0.0479 e. The molecule has 0 radical (unpaired) electrons. The van der Waals surface area contributed by atoms with E-state index in [1.54, 1.807) is 0 Å². The first-order valence-electron chi connectivity index (χ1n) is 5.15. The van der Waals surface area contributed by atoms with Crippen molar-refractivity contribution in [2.75, 3.05) is 43.9 Å². The summed E-state index contributed by atoms with van der Waals surface area (Å²) in [6, 6.07) is 6.17. The third-order valence-corrected chi connectivity index (χ3v) is 3.57. The maximum absolute atomic E-state index is 5.87. The molecule has 1 saturated heterocycles. The molecule has 1 aromatic carbocycles. The number of benzene rings is 1. The van der Waals surface area contributed by atoms with E-state index in [4.69, 9.17) is 5.73 Å². The van der Waals surface area contributed by atoms with Crippen molar-refractivity contribution in [3.8, 4) is 0 Å². The van der Waals surface area contributed by atoms with E-state index in [1.807, 2.05) is 12.1 Å². The zero-order valence-corrected chi connectivity index (χ0v) is 10.5. The Balaban J connectivity index is 2.12. The Labute approximate surface area is 99.0 Å². The second-order valence-corrected chi connectivity index (χ2v) is 4.85. The standard InChI is InChI=1S/C11H16BrN3/c1-14-4-6-15(7-5-14)9-2-3-10(12)11(13)8-9/h2-3,8H,4-7,13H2,1H3. The van der Waals surface area contributed by atoms with E-state index in [9.17, 15) is 0 Å². The molecule has 15 heavy (non-hydrogen) atoms. The average Bonchev–Trinajstić information content (AvgIpc) is 2.23. The minimum absolute atomic E-state index is 0.812. The summed E-state index contributed by atoms with van der Waals surface area (Å²) in [5.41, 5.74) is 7.91. The quantitative estimate of drug-likeness (QED) is 0.790. The number of hydrogen-bond donors (Lipinski definition) is 1. The van der Waals surface area contributed by atoms with Crippen LogP contribution in [-0.4, -0.2) is 38.1 Å². The van der Waals surface area contributed by atoms with Crippen LogP contribution in [0.1, 0.15) is 0 Å². The van der Waals surface area contributed by atoms with Gasteiger partial charge < -0.3 is 15.5 Å². The molecule has 1 heterocycles. The summed E-state index contributed by atoms with van der Waals surface area (Å²) in [6.45, 7) is 4.40. The molecule has 0 aromatic heterocycles. The Morgan fingerprint density at radius 1 is 1.20 bits per heavy atom. The number of likely N-dealkylation sites (N-methyl/N-ethyl adjacent to an activating group) is 1. The van der Waals surface area contributed by atoms with Crippen LogP contribution < -0.4 is 10.6 Å². The lowest BCUT2D eigenvalue weighted by atomic mass is 10.2. The van der Waals surface area contributed by atoms with Gasteiger partial charge in [-0.2, -0.15) is 0 Å². The molecular formula is C11H16BrN3. The molecule has 82 valence electrons. The minimum Gasteiger partial charge on any atom is -0.398 e. The third kappa shape index (κ3) is 2.44. The molecule has 1 aromatic rings. The number of rotatable bonds is 1. The van der Waals surface area contributed by atoms with E-state index < -0.39 is 0 Å². The van der Waals surface area contributed by atoms with Gasteiger partial charge in [-0.15, -0.1) is 0 Å². The number of nitrogens with zero attached hydrogens (tertiary/aromatic N) is 2. The molecule has 1 aliphatic heterocycles. The van der Waals surface area contributed by atoms with Crippen molar-refractivity contribution in [2.45, 2.75) is 0 Å². The number of anilines is 2. The molecule has 0 amide bonds. The van der Waals surface area contributed by atoms with Crippen molar-refractivity contribution in [3.05, 3.63) is 22.7 Å². The normalized spacial score (nSPS) is 18.1. The molecule has 2 N–H and O–H groups in total. The molecule has 1 fully saturated rings. The highest BCUT2D eigenvalue weighted by Crippen LogP contribution is 2.25. The van der Waals surface area contributed by atoms with E-state index >= 15 is 0 Å². The Bertz CT molecular complexity index is 346. The van der Waals surface area contributed by atoms with E-state index in [2.05, 4.69) is 38.8 Å². The maximum atomic E-state index is 5.87. The van der Waals surface area contributed by atoms with Gasteiger partial charge in [0.15, 0.2) is 0 Å². The lowest BCUT2D eigenvalue weighted by Gasteiger charge is -2.34. The van der Waals surface area contributed by atoms with Crippen LogP contribution in [0.15, 0.2) is 22.7 Å². The monoisotopic (exact) mass is 269 g/mol. The molecule has 0 spiro atoms. The average molecular weight is 270 g/mol. The van der Waals surface area contributed by atoms with Gasteiger partial charge in [0.1, 0.15) is 0 Å². The molecule has 3 nitrogen and oxygen atoms in total. The van der Waals surface area contributed by atoms with Crippen molar-refractivity contribution in [1.82, 2.24) is 4.90 Å². The van der Waals surface area contributed by atoms with Gasteiger partial charge in [0.05, 0.1) is 0 Å². The van der Waals surface area contributed by atoms with Crippen LogP contribution in [0.25, 0.3) is 0 Å². The lowest BCUT2D eigenvalue weighted by Crippen LogP contribution is -2.44. The topological polar surface area (TPSA) is 32.5 Å². The molecule has 2 rings (SSSR count). The van der Waals surface area contributed by atoms with Crippen LogP contribution in [0, 0.1) is 0 Å². The van der Waals surface area contributed by atoms with Gasteiger partial charge in [-0.1, -0.05) is 0 Å². The first-order chi connectivity index (χ1) is 7.16. The van der Waals surface area contributed by atoms with Crippen molar-refractivity contribution in [3.63, 3.8) is 0 Å². The molecule has 0 unspecified atom stereocenters. The molecule has 0 aliphatic carbocycles. The number of nitrogen functional groups attached to an aromatic ring is 1. The van der Waals surface area contributed by atoms with Crippen molar-refractivity contribution >= 4 is 27.3 Å². The predicted molar refractivity (Wildman–Crippen MR) is 68.3 cm³/mol. The zero-order valence-electron chi connectivity index (χ0n) is 8.91. The van der Waals surface area contributed by atoms with Crippen LogP contribution in [0.2, 0.25) is 0 Å². The SMILES string of the molecule is CN1CCN(c2ccc(Br)c(N)c2)CC1. The molecule has 4 heteroatoms. The fraction of sp³-hybridized carbons (Fsp3) is 0.455. The van der Waals surface area contributed by atoms with Crippen LogP contribution in [0.4, 0.5) is 11.4 Å². The van der Waals surface area contributed by atoms with Crippen LogP contribution in [0.5, 0.6) is 0 Å². The fourth-order valence-electron chi connectivity index (χ4n) is 1.79. The summed E-state index contributed by atoms with van der Waals surface area (Å²) in [5, 5.41) is 0. The van der Waals surface area contributed by atoms with E-state index in [-0.39, 0.29) is 0 Å². The predicted octanol–water partition coefficient (Wildman–Crippen LogP) is 1.78. The molecule has 0 atom stereocenters. The van der Waals surface area contributed by atoms with E-state index in [1.165, 1.54) is 5.69 Å². The number of nitrogens with two attached hydrogens (primary N) is 1. The molecular weight excluding hydrogens is 254 g/mol. The summed E-state index contributed by atoms with van der Waals surface area (Å²) in [6.07, 6.45) is 0. The van der Waals surface area contributed by atoms with E-state index in [0.717, 1.165) is 36.3 Å². The highest BCUT2D eigenvalue weighted by atomic mass is 79.9. The largest absolute Gasteiger partial charge is 0.398 e. The molecule has 1 aliphatic rings. The Kier molecular flexibility index (Phi) is 3.17. The highest BCUT2D eigenvalue weighted by Gasteiger charge is 2.14. The lowest BCUT2D eigenvalue weighted by molar-refractivity contribution is 0.313. The summed E-state index contributed by atoms with van der Waals surface area (Å²) < 4.78 is 0.973. The molecule has 0 saturated carbocycles. The Hall–Kier alpha value is -0.740. The number of halogens is 1. The van der Waals surface area contributed by atoms with Gasteiger partial charge in [0, 0.05) is 42.0 Å². The first kappa shape index (κ1) is 10.8. The van der Waals surface area contributed by atoms with Gasteiger partial charge in [0.25, 0.3) is 0 Å². The first-order valence-corrected chi connectivity index (χ1v) is 5.94. The van der Waals surface area contributed by atoms with Gasteiger partial charge in [0.2, 0.25) is 0 Å². The third-order valence-electron chi connectivity index (χ3n) is 2.85. The Morgan fingerprint density at radius 2 is 1.87 bits per heavy atom. The molecule has 0 bridgehead atoms. The van der Waals surface area contributed by atoms with E-state index in [0.29, 0.717) is 0 Å². The Morgan fingerprint density at radius 3 is 2.47 bits per heavy atom. The zero-order chi connectivity index (χ0) is 10.8. The van der Waals surface area contributed by atoms with Gasteiger partial charge in [-0.25, -0.2) is 0 Å². The van der Waals surface area contributed by atoms with Crippen LogP contribution >= 0.6 is 15.9 Å². The van der Waals surface area contributed by atoms with Crippen LogP contribution in [-0.2, 0) is 0 Å². The number of piperazine rings is 1. The minimum atomic E-state index is 0.812. The van der Waals surface area contributed by atoms with Gasteiger partial charge in [-0.05, 0) is 41.2 Å². The maximum Gasteiger partial charge on any atom is 0.0479 e. The van der Waals surface area contributed by atoms with Crippen LogP contribution in [0.3, 0.4) is 0 Å². The summed E-state index contributed by atoms with van der Waals surface area (Å²) in [7, 11) is 2.16. The van der Waals surface area contributed by atoms with Crippen molar-refractivity contribution in [2.24, 2.45) is 0 Å². The number of hydrogen-bond acceptors (Lipinski definition) is 3. The summed E-state index contributed by atoms with van der Waals surface area (Å²) >= 11 is 3.41. The van der Waals surface area contributed by atoms with Gasteiger partial charge >= 0.3 is 0 Å². The second kappa shape index (κ2) is 4.41. The van der Waals surface area contributed by atoms with Gasteiger partial charge in [-0.3, -0.25) is 0 Å². The highest BCUT2D eigenvalue weighted by molar-refractivity contribution is 9.10. The summed E-state index contributed by atoms with van der Waals surface area (Å²) in [5.74, 6) is 0. The van der Waals surface area contributed by atoms with Crippen molar-refractivity contribution in [1.29, 1.82) is 0 Å². The summed E-state index contributed by atoms with van der Waals surface area (Å²) in [4.78, 5) is 4.72. The van der Waals surface area contributed by atoms with Crippen molar-refractivity contribution < 1.29 is 0 Å².